The Hall–Kier alpha value is -0.200. The Morgan fingerprint density at radius 2 is 2.00 bits per heavy atom. The van der Waals surface area contributed by atoms with E-state index in [0.717, 1.165) is 0 Å². The highest BCUT2D eigenvalue weighted by atomic mass is 16.1. The van der Waals surface area contributed by atoms with E-state index in [9.17, 15) is 4.79 Å². The summed E-state index contributed by atoms with van der Waals surface area (Å²) in [5, 5.41) is 0. The SMILES string of the molecule is [B]CC(C)(C)C([B])=O. The first-order valence-corrected chi connectivity index (χ1v) is 2.50. The fourth-order valence-corrected chi connectivity index (χ4v) is 0.101. The van der Waals surface area contributed by atoms with E-state index in [2.05, 4.69) is 0 Å². The van der Waals surface area contributed by atoms with Crippen molar-refractivity contribution in [2.75, 3.05) is 0 Å². The second-order valence-corrected chi connectivity index (χ2v) is 2.45. The van der Waals surface area contributed by atoms with Crippen LogP contribution in [-0.2, 0) is 4.79 Å². The van der Waals surface area contributed by atoms with E-state index in [4.69, 9.17) is 15.7 Å². The van der Waals surface area contributed by atoms with Crippen LogP contribution in [0.1, 0.15) is 13.8 Å². The van der Waals surface area contributed by atoms with Gasteiger partial charge in [-0.3, -0.25) is 0 Å². The zero-order chi connectivity index (χ0) is 6.78. The van der Waals surface area contributed by atoms with Crippen LogP contribution in [0.5, 0.6) is 0 Å². The molecule has 0 aromatic carbocycles. The van der Waals surface area contributed by atoms with E-state index in [0.29, 0.717) is 6.32 Å². The maximum Gasteiger partial charge on any atom is 0.168 e. The van der Waals surface area contributed by atoms with Gasteiger partial charge in [-0.1, -0.05) is 20.2 Å². The van der Waals surface area contributed by atoms with Crippen LogP contribution >= 0.6 is 0 Å². The van der Waals surface area contributed by atoms with Gasteiger partial charge in [0.05, 0.1) is 13.5 Å². The first kappa shape index (κ1) is 7.80. The Bertz CT molecular complexity index is 98.6. The molecular formula is C5H8B2O. The Kier molecular flexibility index (Phi) is 2.32. The lowest BCUT2D eigenvalue weighted by Crippen LogP contribution is -2.23. The van der Waals surface area contributed by atoms with E-state index in [1.54, 1.807) is 13.8 Å². The van der Waals surface area contributed by atoms with Gasteiger partial charge < -0.3 is 4.79 Å². The molecule has 0 aromatic heterocycles. The van der Waals surface area contributed by atoms with Crippen molar-refractivity contribution < 1.29 is 4.79 Å². The molecule has 0 heterocycles. The third-order valence-electron chi connectivity index (χ3n) is 1.18. The van der Waals surface area contributed by atoms with Gasteiger partial charge in [-0.25, -0.2) is 0 Å². The lowest BCUT2D eigenvalue weighted by atomic mass is 9.70. The third-order valence-corrected chi connectivity index (χ3v) is 1.18. The molecular weight excluding hydrogens is 97.7 g/mol. The van der Waals surface area contributed by atoms with Gasteiger partial charge in [0.1, 0.15) is 0 Å². The molecule has 0 N–H and O–H groups in total. The number of carbonyl (C=O) groups is 1. The summed E-state index contributed by atoms with van der Waals surface area (Å²) < 4.78 is 0. The van der Waals surface area contributed by atoms with Gasteiger partial charge in [0.15, 0.2) is 7.85 Å². The highest BCUT2D eigenvalue weighted by Gasteiger charge is 2.18. The lowest BCUT2D eigenvalue weighted by molar-refractivity contribution is -0.118. The molecule has 0 rings (SSSR count). The summed E-state index contributed by atoms with van der Waals surface area (Å²) in [6.45, 7) is 3.44. The molecule has 0 saturated heterocycles. The fourth-order valence-electron chi connectivity index (χ4n) is 0.101. The summed E-state index contributed by atoms with van der Waals surface area (Å²) in [6, 6.07) is 0. The Morgan fingerprint density at radius 3 is 2.00 bits per heavy atom. The second-order valence-electron chi connectivity index (χ2n) is 2.45. The summed E-state index contributed by atoms with van der Waals surface area (Å²) >= 11 is 0. The van der Waals surface area contributed by atoms with Gasteiger partial charge in [0, 0.05) is 5.41 Å². The van der Waals surface area contributed by atoms with E-state index in [-0.39, 0.29) is 5.68 Å². The summed E-state index contributed by atoms with van der Waals surface area (Å²) in [6.07, 6.45) is 0.308. The van der Waals surface area contributed by atoms with Crippen molar-refractivity contribution in [1.29, 1.82) is 0 Å². The van der Waals surface area contributed by atoms with E-state index in [1.165, 1.54) is 0 Å². The standard InChI is InChI=1S/C5H8B2O/c1-5(2,3-6)4(7)8/h3H2,1-2H3. The largest absolute Gasteiger partial charge is 0.312 e. The monoisotopic (exact) mass is 106 g/mol. The van der Waals surface area contributed by atoms with Crippen LogP contribution in [0.2, 0.25) is 6.32 Å². The highest BCUT2D eigenvalue weighted by molar-refractivity contribution is 6.59. The summed E-state index contributed by atoms with van der Waals surface area (Å²) in [4.78, 5) is 10.4. The van der Waals surface area contributed by atoms with Gasteiger partial charge in [0.2, 0.25) is 0 Å². The fraction of sp³-hybridized carbons (Fsp3) is 0.800. The minimum Gasteiger partial charge on any atom is -0.312 e. The van der Waals surface area contributed by atoms with Gasteiger partial charge >= 0.3 is 0 Å². The normalized spacial score (nSPS) is 11.2. The van der Waals surface area contributed by atoms with Crippen LogP contribution in [0.15, 0.2) is 0 Å². The zero-order valence-corrected chi connectivity index (χ0v) is 5.27. The van der Waals surface area contributed by atoms with Crippen molar-refractivity contribution in [3.63, 3.8) is 0 Å². The zero-order valence-electron chi connectivity index (χ0n) is 5.27. The number of rotatable bonds is 2. The molecule has 0 atom stereocenters. The van der Waals surface area contributed by atoms with Crippen molar-refractivity contribution in [3.8, 4) is 0 Å². The molecule has 0 amide bonds. The van der Waals surface area contributed by atoms with Crippen LogP contribution in [0.4, 0.5) is 0 Å². The van der Waals surface area contributed by atoms with Crippen molar-refractivity contribution in [1.82, 2.24) is 0 Å². The molecule has 0 saturated carbocycles. The average Bonchev–Trinajstić information content (AvgIpc) is 1.67. The van der Waals surface area contributed by atoms with Crippen molar-refractivity contribution in [3.05, 3.63) is 0 Å². The average molecular weight is 106 g/mol. The highest BCUT2D eigenvalue weighted by Crippen LogP contribution is 2.17. The van der Waals surface area contributed by atoms with E-state index < -0.39 is 5.41 Å². The molecule has 0 bridgehead atoms. The Morgan fingerprint density at radius 1 is 1.62 bits per heavy atom. The van der Waals surface area contributed by atoms with E-state index >= 15 is 0 Å². The topological polar surface area (TPSA) is 17.1 Å². The maximum atomic E-state index is 10.4. The quantitative estimate of drug-likeness (QED) is 0.462. The van der Waals surface area contributed by atoms with E-state index in [1.807, 2.05) is 0 Å². The molecule has 0 unspecified atom stereocenters. The number of hydrogen-bond acceptors (Lipinski definition) is 1. The second kappa shape index (κ2) is 2.38. The summed E-state index contributed by atoms with van der Waals surface area (Å²) in [5.41, 5.74) is -0.889. The molecule has 3 heteroatoms. The van der Waals surface area contributed by atoms with Crippen LogP contribution in [0.25, 0.3) is 0 Å². The van der Waals surface area contributed by atoms with Crippen molar-refractivity contribution >= 4 is 21.4 Å². The third kappa shape index (κ3) is 1.73. The molecule has 0 spiro atoms. The van der Waals surface area contributed by atoms with Gasteiger partial charge in [-0.2, -0.15) is 0 Å². The van der Waals surface area contributed by atoms with Crippen LogP contribution in [0.3, 0.4) is 0 Å². The molecule has 0 fully saturated rings. The summed E-state index contributed by atoms with van der Waals surface area (Å²) in [7, 11) is 10.2. The van der Waals surface area contributed by atoms with Crippen molar-refractivity contribution in [2.24, 2.45) is 5.41 Å². The predicted octanol–water partition coefficient (Wildman–Crippen LogP) is 0.294. The molecule has 0 aliphatic rings. The summed E-state index contributed by atoms with van der Waals surface area (Å²) in [5.74, 6) is 0. The smallest absolute Gasteiger partial charge is 0.168 e. The lowest BCUT2D eigenvalue weighted by Gasteiger charge is -2.18. The molecule has 40 valence electrons. The number of carbonyl (C=O) groups excluding carboxylic acids is 1. The molecule has 0 aliphatic heterocycles. The van der Waals surface area contributed by atoms with Crippen LogP contribution < -0.4 is 0 Å². The Labute approximate surface area is 52.7 Å². The Balaban J connectivity index is 3.91. The molecule has 1 nitrogen and oxygen atoms in total. The van der Waals surface area contributed by atoms with Crippen LogP contribution in [-0.4, -0.2) is 21.4 Å². The maximum absolute atomic E-state index is 10.4. The predicted molar refractivity (Wildman–Crippen MR) is 35.1 cm³/mol. The van der Waals surface area contributed by atoms with Crippen molar-refractivity contribution in [2.45, 2.75) is 20.2 Å². The van der Waals surface area contributed by atoms with Gasteiger partial charge in [0.25, 0.3) is 0 Å². The first-order chi connectivity index (χ1) is 3.50. The first-order valence-electron chi connectivity index (χ1n) is 2.50. The minimum absolute atomic E-state index is 0.308. The molecule has 4 radical (unpaired) electrons. The molecule has 0 aliphatic carbocycles. The number of hydrogen-bond donors (Lipinski definition) is 0. The molecule has 0 aromatic rings. The minimum atomic E-state index is -0.542. The van der Waals surface area contributed by atoms with Gasteiger partial charge in [-0.05, 0) is 0 Å². The van der Waals surface area contributed by atoms with Crippen LogP contribution in [0, 0.1) is 5.41 Å². The van der Waals surface area contributed by atoms with Gasteiger partial charge in [-0.15, -0.1) is 0 Å². The molecule has 8 heavy (non-hydrogen) atoms.